The van der Waals surface area contributed by atoms with Crippen LogP contribution >= 0.6 is 0 Å². The number of carbonyl (C=O) groups excluding carboxylic acids is 2. The third-order valence-corrected chi connectivity index (χ3v) is 5.86. The molecule has 1 saturated heterocycles. The monoisotopic (exact) mass is 413 g/mol. The third kappa shape index (κ3) is 5.18. The van der Waals surface area contributed by atoms with Crippen molar-refractivity contribution in [3.63, 3.8) is 0 Å². The maximum absolute atomic E-state index is 13.5. The van der Waals surface area contributed by atoms with Crippen LogP contribution in [0.1, 0.15) is 35.6 Å². The Bertz CT molecular complexity index is 945. The first-order valence-electron chi connectivity index (χ1n) is 10.8. The second-order valence-electron chi connectivity index (χ2n) is 7.89. The van der Waals surface area contributed by atoms with Gasteiger partial charge >= 0.3 is 0 Å². The van der Waals surface area contributed by atoms with Crippen LogP contribution in [0.5, 0.6) is 0 Å². The lowest BCUT2D eigenvalue weighted by Gasteiger charge is -2.34. The van der Waals surface area contributed by atoms with Gasteiger partial charge in [0.1, 0.15) is 0 Å². The van der Waals surface area contributed by atoms with Gasteiger partial charge in [0, 0.05) is 25.2 Å². The van der Waals surface area contributed by atoms with Crippen molar-refractivity contribution in [2.75, 3.05) is 13.1 Å². The number of carbonyl (C=O) groups is 2. The molecule has 2 amide bonds. The van der Waals surface area contributed by atoms with Crippen LogP contribution in [0.2, 0.25) is 0 Å². The number of benzene rings is 2. The summed E-state index contributed by atoms with van der Waals surface area (Å²) in [6.45, 7) is 1.62. The van der Waals surface area contributed by atoms with Gasteiger partial charge in [0.15, 0.2) is 0 Å². The molecule has 1 aliphatic heterocycles. The van der Waals surface area contributed by atoms with Gasteiger partial charge in [-0.2, -0.15) is 0 Å². The summed E-state index contributed by atoms with van der Waals surface area (Å²) in [6, 6.07) is 25.5. The number of hydrogen-bond donors (Lipinski definition) is 1. The van der Waals surface area contributed by atoms with Gasteiger partial charge in [-0.05, 0) is 36.1 Å². The quantitative estimate of drug-likeness (QED) is 0.669. The van der Waals surface area contributed by atoms with Crippen molar-refractivity contribution in [3.8, 4) is 0 Å². The summed E-state index contributed by atoms with van der Waals surface area (Å²) in [5, 5.41) is 2.98. The molecule has 0 aliphatic carbocycles. The van der Waals surface area contributed by atoms with E-state index in [0.29, 0.717) is 32.5 Å². The highest BCUT2D eigenvalue weighted by Gasteiger charge is 2.32. The molecule has 0 saturated carbocycles. The molecule has 1 N–H and O–H groups in total. The molecular weight excluding hydrogens is 386 g/mol. The molecule has 31 heavy (non-hydrogen) atoms. The minimum Gasteiger partial charge on any atom is -0.350 e. The molecule has 2 aromatic carbocycles. The van der Waals surface area contributed by atoms with E-state index in [0.717, 1.165) is 16.8 Å². The first-order chi connectivity index (χ1) is 15.2. The summed E-state index contributed by atoms with van der Waals surface area (Å²) in [5.74, 6) is -0.248. The van der Waals surface area contributed by atoms with Crippen LogP contribution in [0.25, 0.3) is 0 Å². The van der Waals surface area contributed by atoms with Crippen LogP contribution < -0.4 is 5.32 Å². The Morgan fingerprint density at radius 3 is 2.00 bits per heavy atom. The Kier molecular flexibility index (Phi) is 6.72. The van der Waals surface area contributed by atoms with E-state index >= 15 is 0 Å². The molecule has 0 bridgehead atoms. The molecule has 2 heterocycles. The summed E-state index contributed by atoms with van der Waals surface area (Å²) in [6.07, 6.45) is 3.08. The zero-order valence-corrected chi connectivity index (χ0v) is 17.5. The number of nitrogens with zero attached hydrogens (tertiary/aromatic N) is 2. The molecule has 3 aromatic rings. The summed E-state index contributed by atoms with van der Waals surface area (Å²) in [7, 11) is 0. The molecule has 0 radical (unpaired) electrons. The summed E-state index contributed by atoms with van der Waals surface area (Å²) in [5.41, 5.74) is 2.83. The van der Waals surface area contributed by atoms with Gasteiger partial charge in [0.25, 0.3) is 0 Å². The minimum atomic E-state index is -0.322. The second kappa shape index (κ2) is 10.0. The fourth-order valence-corrected chi connectivity index (χ4v) is 4.14. The van der Waals surface area contributed by atoms with Crippen molar-refractivity contribution in [2.24, 2.45) is 5.92 Å². The summed E-state index contributed by atoms with van der Waals surface area (Å²) < 4.78 is 0. The Morgan fingerprint density at radius 2 is 1.45 bits per heavy atom. The standard InChI is InChI=1S/C26H27N3O2/c30-25(28-19-23-13-7-8-16-27-23)22-14-17-29(18-15-22)26(31)24(20-9-3-1-4-10-20)21-11-5-2-6-12-21/h1-13,16,22,24H,14-15,17-19H2,(H,28,30). The van der Waals surface area contributed by atoms with Crippen molar-refractivity contribution in [1.82, 2.24) is 15.2 Å². The average molecular weight is 414 g/mol. The van der Waals surface area contributed by atoms with E-state index in [1.807, 2.05) is 83.8 Å². The largest absolute Gasteiger partial charge is 0.350 e. The molecule has 4 rings (SSSR count). The zero-order chi connectivity index (χ0) is 21.5. The number of hydrogen-bond acceptors (Lipinski definition) is 3. The van der Waals surface area contributed by atoms with Gasteiger partial charge in [0.2, 0.25) is 11.8 Å². The number of rotatable bonds is 6. The summed E-state index contributed by atoms with van der Waals surface area (Å²) >= 11 is 0. The number of likely N-dealkylation sites (tertiary alicyclic amines) is 1. The number of nitrogens with one attached hydrogen (secondary N) is 1. The van der Waals surface area contributed by atoms with Crippen molar-refractivity contribution in [3.05, 3.63) is 102 Å². The fraction of sp³-hybridized carbons (Fsp3) is 0.269. The predicted octanol–water partition coefficient (Wildman–Crippen LogP) is 3.77. The number of amides is 2. The van der Waals surface area contributed by atoms with Gasteiger partial charge < -0.3 is 10.2 Å². The molecule has 158 valence electrons. The lowest BCUT2D eigenvalue weighted by molar-refractivity contribution is -0.136. The maximum atomic E-state index is 13.5. The summed E-state index contributed by atoms with van der Waals surface area (Å²) in [4.78, 5) is 32.2. The van der Waals surface area contributed by atoms with Gasteiger partial charge in [-0.15, -0.1) is 0 Å². The van der Waals surface area contributed by atoms with Crippen LogP contribution in [-0.2, 0) is 16.1 Å². The van der Waals surface area contributed by atoms with Crippen LogP contribution in [-0.4, -0.2) is 34.8 Å². The maximum Gasteiger partial charge on any atom is 0.234 e. The zero-order valence-electron chi connectivity index (χ0n) is 17.5. The van der Waals surface area contributed by atoms with E-state index in [4.69, 9.17) is 0 Å². The first-order valence-corrected chi connectivity index (χ1v) is 10.8. The number of piperidine rings is 1. The van der Waals surface area contributed by atoms with E-state index in [-0.39, 0.29) is 23.7 Å². The Balaban J connectivity index is 1.39. The van der Waals surface area contributed by atoms with E-state index in [1.165, 1.54) is 0 Å². The van der Waals surface area contributed by atoms with Gasteiger partial charge in [-0.3, -0.25) is 14.6 Å². The number of pyridine rings is 1. The van der Waals surface area contributed by atoms with Crippen molar-refractivity contribution < 1.29 is 9.59 Å². The topological polar surface area (TPSA) is 62.3 Å². The van der Waals surface area contributed by atoms with E-state index in [2.05, 4.69) is 10.3 Å². The lowest BCUT2D eigenvalue weighted by atomic mass is 9.88. The Hall–Kier alpha value is -3.47. The fourth-order valence-electron chi connectivity index (χ4n) is 4.14. The minimum absolute atomic E-state index is 0.0421. The molecule has 0 atom stereocenters. The smallest absolute Gasteiger partial charge is 0.234 e. The van der Waals surface area contributed by atoms with E-state index in [9.17, 15) is 9.59 Å². The number of aromatic nitrogens is 1. The first kappa shape index (κ1) is 20.8. The van der Waals surface area contributed by atoms with Crippen LogP contribution in [0, 0.1) is 5.92 Å². The normalized spacial score (nSPS) is 14.4. The molecule has 1 aliphatic rings. The molecule has 5 heteroatoms. The SMILES string of the molecule is O=C(NCc1ccccn1)C1CCN(C(=O)C(c2ccccc2)c2ccccc2)CC1. The highest BCUT2D eigenvalue weighted by molar-refractivity contribution is 5.87. The van der Waals surface area contributed by atoms with E-state index < -0.39 is 0 Å². The molecule has 0 spiro atoms. The van der Waals surface area contributed by atoms with Crippen molar-refractivity contribution in [2.45, 2.75) is 25.3 Å². The predicted molar refractivity (Wildman–Crippen MR) is 120 cm³/mol. The van der Waals surface area contributed by atoms with Crippen LogP contribution in [0.4, 0.5) is 0 Å². The Morgan fingerprint density at radius 1 is 0.871 bits per heavy atom. The Labute approximate surface area is 183 Å². The van der Waals surface area contributed by atoms with E-state index in [1.54, 1.807) is 6.20 Å². The van der Waals surface area contributed by atoms with Crippen molar-refractivity contribution in [1.29, 1.82) is 0 Å². The third-order valence-electron chi connectivity index (χ3n) is 5.86. The van der Waals surface area contributed by atoms with Gasteiger partial charge in [0.05, 0.1) is 18.2 Å². The lowest BCUT2D eigenvalue weighted by Crippen LogP contribution is -2.44. The van der Waals surface area contributed by atoms with Crippen molar-refractivity contribution >= 4 is 11.8 Å². The second-order valence-corrected chi connectivity index (χ2v) is 7.89. The molecule has 1 aromatic heterocycles. The highest BCUT2D eigenvalue weighted by atomic mass is 16.2. The molecule has 1 fully saturated rings. The molecule has 5 nitrogen and oxygen atoms in total. The van der Waals surface area contributed by atoms with Crippen LogP contribution in [0.3, 0.4) is 0 Å². The molecule has 0 unspecified atom stereocenters. The van der Waals surface area contributed by atoms with Gasteiger partial charge in [-0.25, -0.2) is 0 Å². The highest BCUT2D eigenvalue weighted by Crippen LogP contribution is 2.29. The van der Waals surface area contributed by atoms with Crippen LogP contribution in [0.15, 0.2) is 85.1 Å². The molecular formula is C26H27N3O2. The van der Waals surface area contributed by atoms with Gasteiger partial charge in [-0.1, -0.05) is 66.7 Å². The average Bonchev–Trinajstić information content (AvgIpc) is 2.85.